The van der Waals surface area contributed by atoms with Gasteiger partial charge in [0.25, 0.3) is 10.0 Å². The van der Waals surface area contributed by atoms with E-state index in [9.17, 15) is 26.4 Å². The van der Waals surface area contributed by atoms with E-state index < -0.39 is 32.1 Å². The normalized spacial score (nSPS) is 16.2. The molecule has 0 saturated carbocycles. The summed E-state index contributed by atoms with van der Waals surface area (Å²) in [4.78, 5) is 31.9. The zero-order valence-electron chi connectivity index (χ0n) is 20.8. The number of benzene rings is 2. The predicted octanol–water partition coefficient (Wildman–Crippen LogP) is 2.50. The average molecular weight is 575 g/mol. The van der Waals surface area contributed by atoms with Crippen LogP contribution >= 0.6 is 0 Å². The summed E-state index contributed by atoms with van der Waals surface area (Å²) in [6.45, 7) is 0.253. The smallest absolute Gasteiger partial charge is 0.411 e. The largest absolute Gasteiger partial charge is 0.453 e. The Kier molecular flexibility index (Phi) is 8.42. The summed E-state index contributed by atoms with van der Waals surface area (Å²) in [6.07, 6.45) is 3.12. The molecule has 2 aromatic carbocycles. The van der Waals surface area contributed by atoms with Crippen LogP contribution in [-0.4, -0.2) is 63.3 Å². The van der Waals surface area contributed by atoms with E-state index in [0.29, 0.717) is 24.2 Å². The number of hydrogen-bond donors (Lipinski definition) is 3. The van der Waals surface area contributed by atoms with Gasteiger partial charge in [0.1, 0.15) is 0 Å². The molecule has 2 amide bonds. The zero-order valence-corrected chi connectivity index (χ0v) is 22.4. The van der Waals surface area contributed by atoms with Crippen molar-refractivity contribution in [2.75, 3.05) is 35.6 Å². The van der Waals surface area contributed by atoms with Crippen LogP contribution in [0.25, 0.3) is 0 Å². The topological polar surface area (TPSA) is 177 Å². The summed E-state index contributed by atoms with van der Waals surface area (Å²) >= 11 is 0. The van der Waals surface area contributed by atoms with Crippen LogP contribution in [0, 0.1) is 5.92 Å². The highest BCUT2D eigenvalue weighted by molar-refractivity contribution is 7.92. The number of carbonyl (C=O) groups is 2. The first kappa shape index (κ1) is 27.9. The number of sulfonamides is 2. The van der Waals surface area contributed by atoms with Gasteiger partial charge in [-0.1, -0.05) is 0 Å². The second kappa shape index (κ2) is 11.8. The molecule has 0 bridgehead atoms. The van der Waals surface area contributed by atoms with Gasteiger partial charge in [0.2, 0.25) is 21.9 Å². The van der Waals surface area contributed by atoms with Gasteiger partial charge in [-0.15, -0.1) is 0 Å². The first-order valence-electron chi connectivity index (χ1n) is 11.7. The molecule has 39 heavy (non-hydrogen) atoms. The minimum atomic E-state index is -3.93. The molecule has 3 N–H and O–H groups in total. The van der Waals surface area contributed by atoms with Crippen LogP contribution in [0.1, 0.15) is 12.8 Å². The van der Waals surface area contributed by atoms with Crippen LogP contribution in [0.2, 0.25) is 0 Å². The van der Waals surface area contributed by atoms with Crippen molar-refractivity contribution >= 4 is 49.4 Å². The lowest BCUT2D eigenvalue weighted by Gasteiger charge is -2.31. The number of methoxy groups -OCH3 is 1. The third kappa shape index (κ3) is 6.87. The van der Waals surface area contributed by atoms with Gasteiger partial charge in [0.05, 0.1) is 22.8 Å². The van der Waals surface area contributed by atoms with Crippen molar-refractivity contribution in [3.8, 4) is 0 Å². The maximum Gasteiger partial charge on any atom is 0.411 e. The lowest BCUT2D eigenvalue weighted by atomic mass is 9.99. The summed E-state index contributed by atoms with van der Waals surface area (Å²) in [6, 6.07) is 12.7. The summed E-state index contributed by atoms with van der Waals surface area (Å²) in [7, 11) is -6.58. The molecule has 0 spiro atoms. The van der Waals surface area contributed by atoms with E-state index in [1.807, 2.05) is 0 Å². The molecule has 1 saturated heterocycles. The highest BCUT2D eigenvalue weighted by Crippen LogP contribution is 2.26. The Morgan fingerprint density at radius 2 is 1.49 bits per heavy atom. The Balaban J connectivity index is 1.38. The van der Waals surface area contributed by atoms with Gasteiger partial charge in [-0.25, -0.2) is 36.3 Å². The van der Waals surface area contributed by atoms with E-state index in [-0.39, 0.29) is 34.7 Å². The minimum Gasteiger partial charge on any atom is -0.453 e. The Morgan fingerprint density at radius 3 is 2.10 bits per heavy atom. The Hall–Kier alpha value is -4.08. The second-order valence-electron chi connectivity index (χ2n) is 8.53. The van der Waals surface area contributed by atoms with Crippen molar-refractivity contribution in [2.45, 2.75) is 22.6 Å². The first-order valence-corrected chi connectivity index (χ1v) is 14.7. The van der Waals surface area contributed by atoms with Crippen molar-refractivity contribution in [1.29, 1.82) is 0 Å². The molecule has 2 heterocycles. The van der Waals surface area contributed by atoms with Crippen molar-refractivity contribution in [3.63, 3.8) is 0 Å². The van der Waals surface area contributed by atoms with Crippen LogP contribution < -0.4 is 15.4 Å². The van der Waals surface area contributed by atoms with E-state index in [0.717, 1.165) is 0 Å². The van der Waals surface area contributed by atoms with E-state index in [4.69, 9.17) is 0 Å². The molecule has 13 nitrogen and oxygen atoms in total. The van der Waals surface area contributed by atoms with E-state index in [1.54, 1.807) is 6.07 Å². The maximum absolute atomic E-state index is 13.2. The van der Waals surface area contributed by atoms with E-state index >= 15 is 0 Å². The van der Waals surface area contributed by atoms with Crippen LogP contribution in [0.3, 0.4) is 0 Å². The molecule has 1 fully saturated rings. The van der Waals surface area contributed by atoms with E-state index in [2.05, 4.69) is 30.1 Å². The summed E-state index contributed by atoms with van der Waals surface area (Å²) < 4.78 is 59.5. The number of anilines is 3. The number of piperidine rings is 1. The van der Waals surface area contributed by atoms with Gasteiger partial charge in [-0.3, -0.25) is 10.1 Å². The maximum atomic E-state index is 13.2. The predicted molar refractivity (Wildman–Crippen MR) is 142 cm³/mol. The first-order chi connectivity index (χ1) is 18.6. The number of hydrogen-bond acceptors (Lipinski definition) is 9. The molecule has 0 aliphatic carbocycles. The monoisotopic (exact) mass is 574 g/mol. The highest BCUT2D eigenvalue weighted by atomic mass is 32.2. The molecule has 0 unspecified atom stereocenters. The van der Waals surface area contributed by atoms with Crippen LogP contribution in [0.5, 0.6) is 0 Å². The highest BCUT2D eigenvalue weighted by Gasteiger charge is 2.33. The zero-order chi connectivity index (χ0) is 28.0. The molecule has 3 aromatic rings. The van der Waals surface area contributed by atoms with Crippen LogP contribution in [0.4, 0.5) is 22.1 Å². The molecule has 1 aliphatic rings. The molecule has 0 radical (unpaired) electrons. The van der Waals surface area contributed by atoms with Gasteiger partial charge >= 0.3 is 6.09 Å². The minimum absolute atomic E-state index is 0.0101. The molecule has 1 aromatic heterocycles. The van der Waals surface area contributed by atoms with Crippen LogP contribution in [0.15, 0.2) is 76.8 Å². The lowest BCUT2D eigenvalue weighted by Crippen LogP contribution is -2.43. The van der Waals surface area contributed by atoms with Gasteiger partial charge < -0.3 is 10.1 Å². The van der Waals surface area contributed by atoms with Crippen molar-refractivity contribution in [1.82, 2.24) is 14.3 Å². The Labute approximate surface area is 225 Å². The van der Waals surface area contributed by atoms with Crippen molar-refractivity contribution in [3.05, 3.63) is 67.0 Å². The number of amides is 2. The molecular weight excluding hydrogens is 548 g/mol. The summed E-state index contributed by atoms with van der Waals surface area (Å²) in [5.41, 5.74) is 0.739. The average Bonchev–Trinajstić information content (AvgIpc) is 2.94. The van der Waals surface area contributed by atoms with Crippen molar-refractivity contribution in [2.24, 2.45) is 5.92 Å². The molecule has 1 aliphatic heterocycles. The van der Waals surface area contributed by atoms with Gasteiger partial charge in [0.15, 0.2) is 0 Å². The standard InChI is InChI=1S/C24H26N6O7S2/c1-37-24(32)28-19-7-11-21(12-8-19)39(35,36)30-15-2-4-17(16-30)22(31)27-18-5-9-20(10-6-18)38(33,34)29-23-25-13-3-14-26-23/h3,5-14,17H,2,4,15-16H2,1H3,(H,27,31)(H,28,32)(H,25,26,29)/t17-/m1/s1. The van der Waals surface area contributed by atoms with Gasteiger partial charge in [0, 0.05) is 36.9 Å². The number of nitrogens with zero attached hydrogens (tertiary/aromatic N) is 3. The number of aromatic nitrogens is 2. The van der Waals surface area contributed by atoms with Crippen LogP contribution in [-0.2, 0) is 29.6 Å². The molecule has 4 rings (SSSR count). The second-order valence-corrected chi connectivity index (χ2v) is 12.2. The number of carbonyl (C=O) groups excluding carboxylic acids is 2. The van der Waals surface area contributed by atoms with Gasteiger partial charge in [-0.05, 0) is 67.4 Å². The number of nitrogens with one attached hydrogen (secondary N) is 3. The number of rotatable bonds is 8. The fourth-order valence-corrected chi connectivity index (χ4v) is 6.38. The molecule has 15 heteroatoms. The lowest BCUT2D eigenvalue weighted by molar-refractivity contribution is -0.120. The SMILES string of the molecule is COC(=O)Nc1ccc(S(=O)(=O)N2CCC[C@@H](C(=O)Nc3ccc(S(=O)(=O)Nc4ncccn4)cc3)C2)cc1. The molecule has 1 atom stereocenters. The quantitative estimate of drug-likeness (QED) is 0.365. The van der Waals surface area contributed by atoms with E-state index in [1.165, 1.54) is 72.3 Å². The Bertz CT molecular complexity index is 1530. The fraction of sp³-hybridized carbons (Fsp3) is 0.250. The Morgan fingerprint density at radius 1 is 0.897 bits per heavy atom. The molecule has 206 valence electrons. The number of ether oxygens (including phenoxy) is 1. The summed E-state index contributed by atoms with van der Waals surface area (Å²) in [5, 5.41) is 5.18. The third-order valence-corrected chi connectivity index (χ3v) is 9.13. The summed E-state index contributed by atoms with van der Waals surface area (Å²) in [5.74, 6) is -1.05. The van der Waals surface area contributed by atoms with Crippen molar-refractivity contribution < 1.29 is 31.2 Å². The molecular formula is C24H26N6O7S2. The van der Waals surface area contributed by atoms with Gasteiger partial charge in [-0.2, -0.15) is 4.31 Å². The fourth-order valence-electron chi connectivity index (χ4n) is 3.90. The third-order valence-electron chi connectivity index (χ3n) is 5.90.